The van der Waals surface area contributed by atoms with Crippen molar-refractivity contribution in [3.05, 3.63) is 0 Å². The molecule has 0 amide bonds. The predicted octanol–water partition coefficient (Wildman–Crippen LogP) is -1.51. The largest absolute Gasteiger partial charge is 0.477 e. The van der Waals surface area contributed by atoms with Gasteiger partial charge < -0.3 is 20.0 Å². The zero-order valence-electron chi connectivity index (χ0n) is 7.61. The SMILES string of the molecule is O=C(O)C[N+]1(CC(=O)O)CC1P(=O)(O)O. The van der Waals surface area contributed by atoms with Crippen LogP contribution >= 0.6 is 7.60 Å². The first-order valence-corrected chi connectivity index (χ1v) is 5.70. The lowest BCUT2D eigenvalue weighted by atomic mass is 10.5. The first kappa shape index (κ1) is 12.1. The van der Waals surface area contributed by atoms with Crippen LogP contribution in [0.2, 0.25) is 0 Å². The summed E-state index contributed by atoms with van der Waals surface area (Å²) in [5.74, 6) is -3.73. The van der Waals surface area contributed by atoms with Gasteiger partial charge in [-0.1, -0.05) is 0 Å². The number of carbonyl (C=O) groups is 2. The summed E-state index contributed by atoms with van der Waals surface area (Å²) in [4.78, 5) is 38.6. The number of rotatable bonds is 5. The molecule has 1 aliphatic rings. The molecule has 15 heavy (non-hydrogen) atoms. The van der Waals surface area contributed by atoms with E-state index < -0.39 is 42.9 Å². The molecule has 1 saturated heterocycles. The summed E-state index contributed by atoms with van der Waals surface area (Å²) >= 11 is 0. The maximum absolute atomic E-state index is 10.9. The highest BCUT2D eigenvalue weighted by atomic mass is 31.2. The van der Waals surface area contributed by atoms with Crippen LogP contribution in [0.25, 0.3) is 0 Å². The molecule has 86 valence electrons. The molecule has 0 aliphatic carbocycles. The molecule has 8 nitrogen and oxygen atoms in total. The molecule has 1 unspecified atom stereocenters. The van der Waals surface area contributed by atoms with E-state index >= 15 is 0 Å². The predicted molar refractivity (Wildman–Crippen MR) is 46.0 cm³/mol. The minimum atomic E-state index is -4.41. The Morgan fingerprint density at radius 3 is 1.80 bits per heavy atom. The quantitative estimate of drug-likeness (QED) is 0.261. The van der Waals surface area contributed by atoms with Crippen LogP contribution in [-0.4, -0.2) is 61.8 Å². The first-order valence-electron chi connectivity index (χ1n) is 4.02. The Labute approximate surface area is 84.5 Å². The van der Waals surface area contributed by atoms with Crippen molar-refractivity contribution in [2.45, 2.75) is 5.78 Å². The Kier molecular flexibility index (Phi) is 2.88. The Balaban J connectivity index is 2.80. The Morgan fingerprint density at radius 2 is 1.60 bits per heavy atom. The number of carboxylic acids is 2. The average molecular weight is 240 g/mol. The third-order valence-corrected chi connectivity index (χ3v) is 3.74. The van der Waals surface area contributed by atoms with Gasteiger partial charge in [0, 0.05) is 0 Å². The molecule has 1 aliphatic heterocycles. The van der Waals surface area contributed by atoms with E-state index in [9.17, 15) is 14.2 Å². The van der Waals surface area contributed by atoms with E-state index in [4.69, 9.17) is 20.0 Å². The lowest BCUT2D eigenvalue weighted by Gasteiger charge is -2.15. The fourth-order valence-electron chi connectivity index (χ4n) is 1.64. The van der Waals surface area contributed by atoms with Crippen molar-refractivity contribution in [1.82, 2.24) is 0 Å². The Hall–Kier alpha value is -0.950. The van der Waals surface area contributed by atoms with Crippen molar-refractivity contribution in [2.75, 3.05) is 19.6 Å². The van der Waals surface area contributed by atoms with Crippen molar-refractivity contribution in [3.8, 4) is 0 Å². The monoisotopic (exact) mass is 240 g/mol. The summed E-state index contributed by atoms with van der Waals surface area (Å²) in [6.07, 6.45) is 0. The van der Waals surface area contributed by atoms with Crippen LogP contribution in [0.1, 0.15) is 0 Å². The molecule has 4 N–H and O–H groups in total. The molecule has 0 spiro atoms. The fraction of sp³-hybridized carbons (Fsp3) is 0.667. The molecular formula is C6H11NO7P+. The molecule has 0 radical (unpaired) electrons. The van der Waals surface area contributed by atoms with E-state index in [0.29, 0.717) is 0 Å². The Morgan fingerprint density at radius 1 is 1.20 bits per heavy atom. The van der Waals surface area contributed by atoms with Crippen molar-refractivity contribution < 1.29 is 38.6 Å². The standard InChI is InChI=1S/C6H10NO7P/c8-5(9)2-7(3-6(10)11)1-4(7)15(12,13)14/h4H,1-3H2,(H3-,8,9,10,11,12,13,14)/p+1. The molecule has 0 saturated carbocycles. The number of nitrogens with zero attached hydrogens (tertiary/aromatic N) is 1. The molecule has 1 heterocycles. The molecule has 1 rings (SSSR count). The van der Waals surface area contributed by atoms with Gasteiger partial charge in [0.1, 0.15) is 6.54 Å². The zero-order valence-corrected chi connectivity index (χ0v) is 8.50. The maximum atomic E-state index is 10.9. The van der Waals surface area contributed by atoms with Gasteiger partial charge in [-0.3, -0.25) is 9.05 Å². The minimum Gasteiger partial charge on any atom is -0.477 e. The molecule has 0 aromatic carbocycles. The smallest absolute Gasteiger partial charge is 0.388 e. The number of aliphatic carboxylic acids is 2. The summed E-state index contributed by atoms with van der Waals surface area (Å²) in [6.45, 7) is -1.27. The number of carboxylic acid groups (broad SMARTS) is 2. The van der Waals surface area contributed by atoms with Crippen molar-refractivity contribution >= 4 is 19.5 Å². The minimum absolute atomic E-state index is 0.108. The van der Waals surface area contributed by atoms with E-state index in [2.05, 4.69) is 0 Å². The normalized spacial score (nSPS) is 23.5. The maximum Gasteiger partial charge on any atom is 0.388 e. The van der Waals surface area contributed by atoms with Gasteiger partial charge in [0.2, 0.25) is 5.78 Å². The lowest BCUT2D eigenvalue weighted by Crippen LogP contribution is -2.39. The second kappa shape index (κ2) is 3.57. The van der Waals surface area contributed by atoms with E-state index in [1.165, 1.54) is 0 Å². The van der Waals surface area contributed by atoms with Crippen molar-refractivity contribution in [2.24, 2.45) is 0 Å². The highest BCUT2D eigenvalue weighted by molar-refractivity contribution is 7.52. The van der Waals surface area contributed by atoms with Gasteiger partial charge in [-0.2, -0.15) is 0 Å². The van der Waals surface area contributed by atoms with Crippen LogP contribution in [0.5, 0.6) is 0 Å². The first-order chi connectivity index (χ1) is 6.67. The highest BCUT2D eigenvalue weighted by Gasteiger charge is 2.66. The third kappa shape index (κ3) is 2.75. The van der Waals surface area contributed by atoms with Crippen LogP contribution in [0.3, 0.4) is 0 Å². The second-order valence-corrected chi connectivity index (χ2v) is 5.35. The van der Waals surface area contributed by atoms with Crippen LogP contribution in [0, 0.1) is 0 Å². The van der Waals surface area contributed by atoms with E-state index in [1.807, 2.05) is 0 Å². The second-order valence-electron chi connectivity index (χ2n) is 3.57. The summed E-state index contributed by atoms with van der Waals surface area (Å²) in [5.41, 5.74) is 0. The van der Waals surface area contributed by atoms with Crippen molar-refractivity contribution in [3.63, 3.8) is 0 Å². The van der Waals surface area contributed by atoms with Crippen molar-refractivity contribution in [1.29, 1.82) is 0 Å². The third-order valence-electron chi connectivity index (χ3n) is 2.31. The highest BCUT2D eigenvalue weighted by Crippen LogP contribution is 2.55. The fourth-order valence-corrected chi connectivity index (χ4v) is 2.98. The van der Waals surface area contributed by atoms with Crippen LogP contribution in [0.15, 0.2) is 0 Å². The average Bonchev–Trinajstić information content (AvgIpc) is 2.57. The number of quaternary nitrogens is 1. The van der Waals surface area contributed by atoms with Gasteiger partial charge in [-0.25, -0.2) is 9.59 Å². The van der Waals surface area contributed by atoms with E-state index in [-0.39, 0.29) is 6.54 Å². The summed E-state index contributed by atoms with van der Waals surface area (Å²) in [5, 5.41) is 17.0. The van der Waals surface area contributed by atoms with Gasteiger partial charge in [0.15, 0.2) is 13.1 Å². The van der Waals surface area contributed by atoms with E-state index in [1.54, 1.807) is 0 Å². The van der Waals surface area contributed by atoms with E-state index in [0.717, 1.165) is 0 Å². The number of hydrogen-bond acceptors (Lipinski definition) is 3. The van der Waals surface area contributed by atoms with Gasteiger partial charge in [0.25, 0.3) is 0 Å². The van der Waals surface area contributed by atoms with Gasteiger partial charge in [0.05, 0.1) is 0 Å². The molecule has 1 fully saturated rings. The summed E-state index contributed by atoms with van der Waals surface area (Å²) in [6, 6.07) is 0. The molecule has 9 heteroatoms. The molecular weight excluding hydrogens is 229 g/mol. The van der Waals surface area contributed by atoms with Crippen LogP contribution in [0.4, 0.5) is 0 Å². The topological polar surface area (TPSA) is 132 Å². The molecule has 0 bridgehead atoms. The van der Waals surface area contributed by atoms with Crippen LogP contribution < -0.4 is 0 Å². The number of hydrogen-bond donors (Lipinski definition) is 4. The van der Waals surface area contributed by atoms with Gasteiger partial charge in [-0.15, -0.1) is 0 Å². The summed E-state index contributed by atoms with van der Waals surface area (Å²) in [7, 11) is -4.41. The zero-order chi connectivity index (χ0) is 11.9. The summed E-state index contributed by atoms with van der Waals surface area (Å²) < 4.78 is 10.3. The van der Waals surface area contributed by atoms with Gasteiger partial charge in [-0.05, 0) is 0 Å². The molecule has 0 aromatic rings. The Bertz CT molecular complexity index is 331. The molecule has 1 atom stereocenters. The lowest BCUT2D eigenvalue weighted by molar-refractivity contribution is -0.790. The van der Waals surface area contributed by atoms with Crippen LogP contribution in [-0.2, 0) is 14.2 Å². The van der Waals surface area contributed by atoms with Gasteiger partial charge >= 0.3 is 19.5 Å². The molecule has 0 aromatic heterocycles.